The predicted octanol–water partition coefficient (Wildman–Crippen LogP) is 4.01. The van der Waals surface area contributed by atoms with Crippen molar-refractivity contribution >= 4 is 11.7 Å². The summed E-state index contributed by atoms with van der Waals surface area (Å²) >= 11 is 0. The van der Waals surface area contributed by atoms with Crippen LogP contribution < -0.4 is 10.1 Å². The van der Waals surface area contributed by atoms with Crippen molar-refractivity contribution in [2.45, 2.75) is 51.5 Å². The molecule has 0 spiro atoms. The van der Waals surface area contributed by atoms with Crippen LogP contribution in [0.15, 0.2) is 24.3 Å². The number of anilines is 1. The fourth-order valence-corrected chi connectivity index (χ4v) is 2.39. The molecule has 0 aromatic heterocycles. The standard InChI is InChI=1S/C17H27NO3/c1-5-6-7-10-13-17(2,16(19)21-4)18-14-11-8-9-12-15(14)20-3/h8-9,11-12,18H,5-7,10,13H2,1-4H3. The van der Waals surface area contributed by atoms with Gasteiger partial charge in [0, 0.05) is 0 Å². The molecule has 21 heavy (non-hydrogen) atoms. The molecule has 1 aromatic rings. The van der Waals surface area contributed by atoms with Crippen molar-refractivity contribution in [2.24, 2.45) is 0 Å². The van der Waals surface area contributed by atoms with Crippen molar-refractivity contribution in [3.05, 3.63) is 24.3 Å². The Balaban J connectivity index is 2.84. The minimum Gasteiger partial charge on any atom is -0.495 e. The Hall–Kier alpha value is -1.71. The summed E-state index contributed by atoms with van der Waals surface area (Å²) < 4.78 is 10.3. The molecule has 1 atom stereocenters. The summed E-state index contributed by atoms with van der Waals surface area (Å²) in [7, 11) is 3.05. The van der Waals surface area contributed by atoms with Crippen LogP contribution in [0.2, 0.25) is 0 Å². The van der Waals surface area contributed by atoms with Crippen LogP contribution in [0.25, 0.3) is 0 Å². The molecule has 0 radical (unpaired) electrons. The van der Waals surface area contributed by atoms with Gasteiger partial charge in [-0.25, -0.2) is 4.79 Å². The van der Waals surface area contributed by atoms with Gasteiger partial charge in [0.15, 0.2) is 0 Å². The molecular formula is C17H27NO3. The lowest BCUT2D eigenvalue weighted by atomic mass is 9.93. The Kier molecular flexibility index (Phi) is 7.06. The number of benzene rings is 1. The topological polar surface area (TPSA) is 47.6 Å². The molecule has 1 N–H and O–H groups in total. The first-order valence-corrected chi connectivity index (χ1v) is 7.57. The van der Waals surface area contributed by atoms with Crippen LogP contribution in [0.4, 0.5) is 5.69 Å². The van der Waals surface area contributed by atoms with Gasteiger partial charge in [-0.05, 0) is 25.5 Å². The average molecular weight is 293 g/mol. The van der Waals surface area contributed by atoms with E-state index in [1.807, 2.05) is 31.2 Å². The van der Waals surface area contributed by atoms with Crippen LogP contribution in [0.1, 0.15) is 46.0 Å². The zero-order valence-electron chi connectivity index (χ0n) is 13.6. The summed E-state index contributed by atoms with van der Waals surface area (Å²) in [6.07, 6.45) is 5.21. The number of carbonyl (C=O) groups is 1. The normalized spacial score (nSPS) is 13.3. The molecule has 1 unspecified atom stereocenters. The molecule has 4 nitrogen and oxygen atoms in total. The predicted molar refractivity (Wildman–Crippen MR) is 85.8 cm³/mol. The van der Waals surface area contributed by atoms with Gasteiger partial charge in [0.2, 0.25) is 0 Å². The molecular weight excluding hydrogens is 266 g/mol. The molecule has 0 heterocycles. The molecule has 1 rings (SSSR count). The second-order valence-electron chi connectivity index (χ2n) is 5.46. The van der Waals surface area contributed by atoms with Crippen molar-refractivity contribution in [3.8, 4) is 5.75 Å². The van der Waals surface area contributed by atoms with E-state index >= 15 is 0 Å². The molecule has 0 aliphatic carbocycles. The van der Waals surface area contributed by atoms with Gasteiger partial charge in [-0.3, -0.25) is 0 Å². The molecule has 0 aliphatic rings. The van der Waals surface area contributed by atoms with E-state index < -0.39 is 5.54 Å². The number of carbonyl (C=O) groups excluding carboxylic acids is 1. The van der Waals surface area contributed by atoms with Gasteiger partial charge in [0.05, 0.1) is 19.9 Å². The maximum atomic E-state index is 12.2. The quantitative estimate of drug-likeness (QED) is 0.552. The second kappa shape index (κ2) is 8.55. The zero-order valence-corrected chi connectivity index (χ0v) is 13.6. The molecule has 0 saturated heterocycles. The van der Waals surface area contributed by atoms with Gasteiger partial charge in [0.1, 0.15) is 11.3 Å². The van der Waals surface area contributed by atoms with Gasteiger partial charge >= 0.3 is 5.97 Å². The fourth-order valence-electron chi connectivity index (χ4n) is 2.39. The molecule has 0 saturated carbocycles. The lowest BCUT2D eigenvalue weighted by molar-refractivity contribution is -0.145. The van der Waals surface area contributed by atoms with Crippen molar-refractivity contribution < 1.29 is 14.3 Å². The first kappa shape index (κ1) is 17.3. The third-order valence-electron chi connectivity index (χ3n) is 3.68. The molecule has 1 aromatic carbocycles. The highest BCUT2D eigenvalue weighted by Gasteiger charge is 2.34. The fraction of sp³-hybridized carbons (Fsp3) is 0.588. The Labute approximate surface area is 127 Å². The molecule has 118 valence electrons. The highest BCUT2D eigenvalue weighted by Crippen LogP contribution is 2.29. The number of nitrogens with one attached hydrogen (secondary N) is 1. The maximum absolute atomic E-state index is 12.2. The van der Waals surface area contributed by atoms with Crippen LogP contribution in [-0.2, 0) is 9.53 Å². The highest BCUT2D eigenvalue weighted by molar-refractivity contribution is 5.84. The van der Waals surface area contributed by atoms with Crippen LogP contribution in [-0.4, -0.2) is 25.7 Å². The number of esters is 1. The number of ether oxygens (including phenoxy) is 2. The smallest absolute Gasteiger partial charge is 0.331 e. The number of hydrogen-bond acceptors (Lipinski definition) is 4. The summed E-state index contributed by atoms with van der Waals surface area (Å²) in [5.74, 6) is 0.478. The summed E-state index contributed by atoms with van der Waals surface area (Å²) in [6.45, 7) is 4.06. The van der Waals surface area contributed by atoms with Gasteiger partial charge < -0.3 is 14.8 Å². The zero-order chi connectivity index (χ0) is 15.7. The van der Waals surface area contributed by atoms with Crippen LogP contribution in [0.5, 0.6) is 5.75 Å². The number of para-hydroxylation sites is 2. The lowest BCUT2D eigenvalue weighted by Gasteiger charge is -2.29. The summed E-state index contributed by atoms with van der Waals surface area (Å²) in [4.78, 5) is 12.2. The Bertz CT molecular complexity index is 447. The van der Waals surface area contributed by atoms with Crippen LogP contribution >= 0.6 is 0 Å². The SMILES string of the molecule is CCCCCCC(C)(Nc1ccccc1OC)C(=O)OC. The number of unbranched alkanes of at least 4 members (excludes halogenated alkanes) is 3. The van der Waals surface area contributed by atoms with Gasteiger partial charge in [-0.15, -0.1) is 0 Å². The van der Waals surface area contributed by atoms with E-state index in [2.05, 4.69) is 12.2 Å². The Morgan fingerprint density at radius 3 is 2.52 bits per heavy atom. The van der Waals surface area contributed by atoms with Gasteiger partial charge in [0.25, 0.3) is 0 Å². The second-order valence-corrected chi connectivity index (χ2v) is 5.46. The molecule has 0 bridgehead atoms. The minimum atomic E-state index is -0.739. The van der Waals surface area contributed by atoms with E-state index in [0.717, 1.165) is 30.7 Å². The van der Waals surface area contributed by atoms with Crippen molar-refractivity contribution in [1.82, 2.24) is 0 Å². The number of rotatable bonds is 9. The highest BCUT2D eigenvalue weighted by atomic mass is 16.5. The van der Waals surface area contributed by atoms with E-state index in [1.54, 1.807) is 7.11 Å². The lowest BCUT2D eigenvalue weighted by Crippen LogP contribution is -2.44. The van der Waals surface area contributed by atoms with Crippen LogP contribution in [0, 0.1) is 0 Å². The number of hydrogen-bond donors (Lipinski definition) is 1. The van der Waals surface area contributed by atoms with E-state index in [9.17, 15) is 4.79 Å². The van der Waals surface area contributed by atoms with E-state index in [4.69, 9.17) is 9.47 Å². The monoisotopic (exact) mass is 293 g/mol. The third-order valence-corrected chi connectivity index (χ3v) is 3.68. The van der Waals surface area contributed by atoms with Crippen LogP contribution in [0.3, 0.4) is 0 Å². The third kappa shape index (κ3) is 4.96. The Morgan fingerprint density at radius 1 is 1.19 bits per heavy atom. The Morgan fingerprint density at radius 2 is 1.90 bits per heavy atom. The largest absolute Gasteiger partial charge is 0.495 e. The first-order valence-electron chi connectivity index (χ1n) is 7.57. The molecule has 0 fully saturated rings. The van der Waals surface area contributed by atoms with Gasteiger partial charge in [-0.1, -0.05) is 44.7 Å². The van der Waals surface area contributed by atoms with E-state index in [-0.39, 0.29) is 5.97 Å². The van der Waals surface area contributed by atoms with E-state index in [0.29, 0.717) is 0 Å². The average Bonchev–Trinajstić information content (AvgIpc) is 2.51. The first-order chi connectivity index (χ1) is 10.1. The van der Waals surface area contributed by atoms with Crippen molar-refractivity contribution in [3.63, 3.8) is 0 Å². The molecule has 0 aliphatic heterocycles. The van der Waals surface area contributed by atoms with Crippen molar-refractivity contribution in [2.75, 3.05) is 19.5 Å². The maximum Gasteiger partial charge on any atom is 0.331 e. The van der Waals surface area contributed by atoms with E-state index in [1.165, 1.54) is 20.0 Å². The molecule has 4 heteroatoms. The van der Waals surface area contributed by atoms with Gasteiger partial charge in [-0.2, -0.15) is 0 Å². The summed E-state index contributed by atoms with van der Waals surface area (Å²) in [6, 6.07) is 7.60. The number of methoxy groups -OCH3 is 2. The van der Waals surface area contributed by atoms with Crippen molar-refractivity contribution in [1.29, 1.82) is 0 Å². The summed E-state index contributed by atoms with van der Waals surface area (Å²) in [5, 5.41) is 3.30. The summed E-state index contributed by atoms with van der Waals surface area (Å²) in [5.41, 5.74) is 0.0697. The minimum absolute atomic E-state index is 0.245. The molecule has 0 amide bonds.